The molecule has 0 spiro atoms. The van der Waals surface area contributed by atoms with Crippen LogP contribution >= 0.6 is 15.9 Å². The van der Waals surface area contributed by atoms with E-state index in [9.17, 15) is 13.2 Å². The Bertz CT molecular complexity index is 448. The molecule has 7 heteroatoms. The normalized spacial score (nSPS) is 19.7. The van der Waals surface area contributed by atoms with Crippen molar-refractivity contribution in [2.45, 2.75) is 31.7 Å². The van der Waals surface area contributed by atoms with Crippen LogP contribution in [0, 0.1) is 0 Å². The van der Waals surface area contributed by atoms with Gasteiger partial charge in [0.05, 0.1) is 10.6 Å². The molecule has 2 rings (SSSR count). The first-order valence-electron chi connectivity index (χ1n) is 6.35. The van der Waals surface area contributed by atoms with E-state index in [4.69, 9.17) is 4.74 Å². The molecule has 0 bridgehead atoms. The van der Waals surface area contributed by atoms with Crippen LogP contribution < -0.4 is 10.1 Å². The van der Waals surface area contributed by atoms with Gasteiger partial charge in [0.15, 0.2) is 0 Å². The number of alkyl halides is 3. The predicted octanol–water partition coefficient (Wildman–Crippen LogP) is 4.33. The lowest BCUT2D eigenvalue weighted by Gasteiger charge is -2.23. The van der Waals surface area contributed by atoms with Gasteiger partial charge in [0, 0.05) is 18.8 Å². The maximum Gasteiger partial charge on any atom is 0.573 e. The van der Waals surface area contributed by atoms with Crippen LogP contribution in [0.4, 0.5) is 18.9 Å². The molecule has 0 aliphatic carbocycles. The maximum absolute atomic E-state index is 12.1. The molecule has 1 unspecified atom stereocenters. The summed E-state index contributed by atoms with van der Waals surface area (Å²) in [5.74, 6) is -0.253. The van der Waals surface area contributed by atoms with E-state index in [-0.39, 0.29) is 16.3 Å². The Morgan fingerprint density at radius 3 is 2.75 bits per heavy atom. The Morgan fingerprint density at radius 2 is 2.15 bits per heavy atom. The highest BCUT2D eigenvalue weighted by atomic mass is 79.9. The Morgan fingerprint density at radius 1 is 1.35 bits per heavy atom. The summed E-state index contributed by atoms with van der Waals surface area (Å²) >= 11 is 3.07. The van der Waals surface area contributed by atoms with Crippen LogP contribution in [0.15, 0.2) is 22.7 Å². The van der Waals surface area contributed by atoms with Crippen LogP contribution in [0.2, 0.25) is 0 Å². The van der Waals surface area contributed by atoms with E-state index in [2.05, 4.69) is 26.0 Å². The van der Waals surface area contributed by atoms with E-state index in [0.717, 1.165) is 31.6 Å². The minimum absolute atomic E-state index is 0.161. The molecule has 1 fully saturated rings. The summed E-state index contributed by atoms with van der Waals surface area (Å²) in [4.78, 5) is 0. The van der Waals surface area contributed by atoms with Crippen LogP contribution in [-0.4, -0.2) is 25.6 Å². The largest absolute Gasteiger partial charge is 0.573 e. The third kappa shape index (κ3) is 4.86. The second-order valence-corrected chi connectivity index (χ2v) is 5.42. The molecule has 0 radical (unpaired) electrons. The molecule has 1 aromatic carbocycles. The third-order valence-corrected chi connectivity index (χ3v) is 3.59. The summed E-state index contributed by atoms with van der Waals surface area (Å²) in [6, 6.07) is 4.39. The number of nitrogens with one attached hydrogen (secondary N) is 1. The molecule has 1 heterocycles. The zero-order valence-corrected chi connectivity index (χ0v) is 12.3. The second kappa shape index (κ2) is 6.67. The Balaban J connectivity index is 1.91. The summed E-state index contributed by atoms with van der Waals surface area (Å²) in [5.41, 5.74) is 0.723. The number of ether oxygens (including phenoxy) is 2. The van der Waals surface area contributed by atoms with Crippen molar-refractivity contribution in [2.75, 3.05) is 18.5 Å². The van der Waals surface area contributed by atoms with Crippen LogP contribution in [0.5, 0.6) is 5.75 Å². The van der Waals surface area contributed by atoms with E-state index in [1.807, 2.05) is 0 Å². The van der Waals surface area contributed by atoms with Crippen molar-refractivity contribution in [3.63, 3.8) is 0 Å². The summed E-state index contributed by atoms with van der Waals surface area (Å²) in [7, 11) is 0. The van der Waals surface area contributed by atoms with E-state index in [1.54, 1.807) is 12.1 Å². The lowest BCUT2D eigenvalue weighted by atomic mass is 10.1. The molecule has 0 aromatic heterocycles. The van der Waals surface area contributed by atoms with Crippen molar-refractivity contribution in [2.24, 2.45) is 0 Å². The Hall–Kier alpha value is -0.950. The van der Waals surface area contributed by atoms with Gasteiger partial charge in [0.2, 0.25) is 0 Å². The Labute approximate surface area is 123 Å². The standard InChI is InChI=1S/C13H15BrF3NO2/c14-11-7-9(4-5-12(11)20-13(15,16)17)18-8-10-3-1-2-6-19-10/h4-5,7,10,18H,1-3,6,8H2. The SMILES string of the molecule is FC(F)(F)Oc1ccc(NCC2CCCCO2)cc1Br. The molecular weight excluding hydrogens is 339 g/mol. The highest BCUT2D eigenvalue weighted by Gasteiger charge is 2.31. The van der Waals surface area contributed by atoms with Crippen molar-refractivity contribution in [3.8, 4) is 5.75 Å². The molecular formula is C13H15BrF3NO2. The Kier molecular flexibility index (Phi) is 5.15. The minimum atomic E-state index is -4.69. The molecule has 20 heavy (non-hydrogen) atoms. The summed E-state index contributed by atoms with van der Waals surface area (Å²) < 4.78 is 46.1. The molecule has 1 aliphatic heterocycles. The molecule has 1 aliphatic rings. The summed E-state index contributed by atoms with van der Waals surface area (Å²) in [6.07, 6.45) is -1.29. The van der Waals surface area contributed by atoms with Gasteiger partial charge in [-0.05, 0) is 53.4 Å². The molecule has 1 aromatic rings. The van der Waals surface area contributed by atoms with Gasteiger partial charge in [0.1, 0.15) is 5.75 Å². The van der Waals surface area contributed by atoms with Crippen molar-refractivity contribution >= 4 is 21.6 Å². The lowest BCUT2D eigenvalue weighted by molar-refractivity contribution is -0.274. The van der Waals surface area contributed by atoms with Gasteiger partial charge in [-0.2, -0.15) is 0 Å². The molecule has 3 nitrogen and oxygen atoms in total. The predicted molar refractivity (Wildman–Crippen MR) is 72.9 cm³/mol. The number of hydrogen-bond acceptors (Lipinski definition) is 3. The van der Waals surface area contributed by atoms with E-state index in [0.29, 0.717) is 6.54 Å². The van der Waals surface area contributed by atoms with Crippen molar-refractivity contribution in [1.82, 2.24) is 0 Å². The quantitative estimate of drug-likeness (QED) is 0.873. The average molecular weight is 354 g/mol. The highest BCUT2D eigenvalue weighted by Crippen LogP contribution is 2.32. The molecule has 1 atom stereocenters. The average Bonchev–Trinajstić information content (AvgIpc) is 2.39. The van der Waals surface area contributed by atoms with Crippen LogP contribution in [0.3, 0.4) is 0 Å². The van der Waals surface area contributed by atoms with Gasteiger partial charge in [-0.25, -0.2) is 0 Å². The number of anilines is 1. The summed E-state index contributed by atoms with van der Waals surface area (Å²) in [6.45, 7) is 1.42. The van der Waals surface area contributed by atoms with Crippen molar-refractivity contribution in [3.05, 3.63) is 22.7 Å². The molecule has 1 N–H and O–H groups in total. The van der Waals surface area contributed by atoms with E-state index in [1.165, 1.54) is 6.07 Å². The molecule has 112 valence electrons. The molecule has 0 saturated carbocycles. The summed E-state index contributed by atoms with van der Waals surface area (Å²) in [5, 5.41) is 3.15. The second-order valence-electron chi connectivity index (χ2n) is 4.56. The topological polar surface area (TPSA) is 30.5 Å². The van der Waals surface area contributed by atoms with Crippen molar-refractivity contribution in [1.29, 1.82) is 0 Å². The maximum atomic E-state index is 12.1. The number of hydrogen-bond donors (Lipinski definition) is 1. The van der Waals surface area contributed by atoms with Gasteiger partial charge in [-0.15, -0.1) is 13.2 Å². The zero-order chi connectivity index (χ0) is 14.6. The van der Waals surface area contributed by atoms with Crippen LogP contribution in [0.1, 0.15) is 19.3 Å². The van der Waals surface area contributed by atoms with Crippen molar-refractivity contribution < 1.29 is 22.6 Å². The van der Waals surface area contributed by atoms with Gasteiger partial charge in [-0.3, -0.25) is 0 Å². The van der Waals surface area contributed by atoms with Gasteiger partial charge in [0.25, 0.3) is 0 Å². The first kappa shape index (κ1) is 15.4. The first-order chi connectivity index (χ1) is 9.44. The van der Waals surface area contributed by atoms with Gasteiger partial charge < -0.3 is 14.8 Å². The third-order valence-electron chi connectivity index (χ3n) is 2.97. The number of benzene rings is 1. The zero-order valence-electron chi connectivity index (χ0n) is 10.7. The van der Waals surface area contributed by atoms with Crippen LogP contribution in [0.25, 0.3) is 0 Å². The van der Waals surface area contributed by atoms with Gasteiger partial charge in [-0.1, -0.05) is 0 Å². The minimum Gasteiger partial charge on any atom is -0.405 e. The van der Waals surface area contributed by atoms with E-state index < -0.39 is 6.36 Å². The highest BCUT2D eigenvalue weighted by molar-refractivity contribution is 9.10. The van der Waals surface area contributed by atoms with E-state index >= 15 is 0 Å². The fourth-order valence-corrected chi connectivity index (χ4v) is 2.48. The molecule has 0 amide bonds. The fraction of sp³-hybridized carbons (Fsp3) is 0.538. The monoisotopic (exact) mass is 353 g/mol. The van der Waals surface area contributed by atoms with Crippen LogP contribution in [-0.2, 0) is 4.74 Å². The number of rotatable bonds is 4. The number of halogens is 4. The van der Waals surface area contributed by atoms with Gasteiger partial charge >= 0.3 is 6.36 Å². The fourth-order valence-electron chi connectivity index (χ4n) is 2.02. The first-order valence-corrected chi connectivity index (χ1v) is 7.14. The molecule has 1 saturated heterocycles. The smallest absolute Gasteiger partial charge is 0.405 e. The lowest BCUT2D eigenvalue weighted by Crippen LogP contribution is -2.26.